The molecule has 0 radical (unpaired) electrons. The van der Waals surface area contributed by atoms with Gasteiger partial charge in [-0.2, -0.15) is 0 Å². The van der Waals surface area contributed by atoms with E-state index in [4.69, 9.17) is 0 Å². The Balaban J connectivity index is 1.90. The van der Waals surface area contributed by atoms with E-state index in [1.165, 1.54) is 0 Å². The Morgan fingerprint density at radius 2 is 1.70 bits per heavy atom. The molecule has 100 valence electrons. The van der Waals surface area contributed by atoms with E-state index in [0.717, 1.165) is 22.5 Å². The second-order valence-corrected chi connectivity index (χ2v) is 4.68. The lowest BCUT2D eigenvalue weighted by molar-refractivity contribution is 0.199. The molecule has 4 heteroatoms. The van der Waals surface area contributed by atoms with Crippen LogP contribution in [0.3, 0.4) is 0 Å². The topological polar surface area (TPSA) is 50.9 Å². The molecule has 3 aromatic rings. The molecule has 1 unspecified atom stereocenters. The van der Waals surface area contributed by atoms with Gasteiger partial charge in [-0.3, -0.25) is 0 Å². The predicted octanol–water partition coefficient (Wildman–Crippen LogP) is 2.99. The average molecular weight is 265 g/mol. The molecule has 1 aromatic heterocycles. The summed E-state index contributed by atoms with van der Waals surface area (Å²) in [5.41, 5.74) is 3.69. The van der Waals surface area contributed by atoms with Crippen LogP contribution in [-0.4, -0.2) is 20.1 Å². The fourth-order valence-electron chi connectivity index (χ4n) is 2.04. The maximum absolute atomic E-state index is 9.50. The summed E-state index contributed by atoms with van der Waals surface area (Å²) in [7, 11) is 0. The fraction of sp³-hybridized carbons (Fsp3) is 0.125. The van der Waals surface area contributed by atoms with Crippen molar-refractivity contribution in [1.29, 1.82) is 0 Å². The Hall–Kier alpha value is -2.46. The quantitative estimate of drug-likeness (QED) is 0.792. The first kappa shape index (κ1) is 12.6. The first-order valence-corrected chi connectivity index (χ1v) is 6.50. The summed E-state index contributed by atoms with van der Waals surface area (Å²) in [6.45, 7) is 1.75. The third-order valence-corrected chi connectivity index (χ3v) is 3.20. The van der Waals surface area contributed by atoms with Gasteiger partial charge in [-0.15, -0.1) is 5.10 Å². The summed E-state index contributed by atoms with van der Waals surface area (Å²) in [6.07, 6.45) is 1.44. The lowest BCUT2D eigenvalue weighted by Crippen LogP contribution is -1.96. The zero-order valence-electron chi connectivity index (χ0n) is 11.1. The van der Waals surface area contributed by atoms with Crippen molar-refractivity contribution in [3.63, 3.8) is 0 Å². The molecular formula is C16H15N3O. The molecule has 2 aromatic carbocycles. The summed E-state index contributed by atoms with van der Waals surface area (Å²) in [5, 5.41) is 17.8. The van der Waals surface area contributed by atoms with Crippen molar-refractivity contribution in [3.05, 3.63) is 66.4 Å². The molecule has 0 bridgehead atoms. The molecule has 0 saturated carbocycles. The number of aliphatic hydroxyl groups is 1. The van der Waals surface area contributed by atoms with Gasteiger partial charge in [0.1, 0.15) is 5.69 Å². The van der Waals surface area contributed by atoms with Crippen LogP contribution < -0.4 is 0 Å². The molecular weight excluding hydrogens is 250 g/mol. The van der Waals surface area contributed by atoms with E-state index in [9.17, 15) is 5.11 Å². The third kappa shape index (κ3) is 2.46. The van der Waals surface area contributed by atoms with E-state index in [1.807, 2.05) is 60.8 Å². The Morgan fingerprint density at radius 3 is 2.35 bits per heavy atom. The number of aliphatic hydroxyl groups excluding tert-OH is 1. The first-order valence-electron chi connectivity index (χ1n) is 6.50. The highest BCUT2D eigenvalue weighted by Crippen LogP contribution is 2.18. The summed E-state index contributed by atoms with van der Waals surface area (Å²) < 4.78 is 1.73. The monoisotopic (exact) mass is 265 g/mol. The lowest BCUT2D eigenvalue weighted by atomic mass is 10.1. The lowest BCUT2D eigenvalue weighted by Gasteiger charge is -2.05. The molecule has 0 aliphatic rings. The molecule has 0 spiro atoms. The standard InChI is InChI=1S/C16H15N3O/c1-12(20)13-7-9-15(10-8-13)19-11-16(17-18-19)14-5-3-2-4-6-14/h2-12,20H,1H3. The molecule has 0 aliphatic carbocycles. The Morgan fingerprint density at radius 1 is 1.00 bits per heavy atom. The van der Waals surface area contributed by atoms with Gasteiger partial charge in [-0.25, -0.2) is 4.68 Å². The van der Waals surface area contributed by atoms with Crippen molar-refractivity contribution in [2.45, 2.75) is 13.0 Å². The number of nitrogens with zero attached hydrogens (tertiary/aromatic N) is 3. The highest BCUT2D eigenvalue weighted by molar-refractivity contribution is 5.57. The van der Waals surface area contributed by atoms with Gasteiger partial charge >= 0.3 is 0 Å². The van der Waals surface area contributed by atoms with Gasteiger partial charge in [-0.1, -0.05) is 47.7 Å². The Kier molecular flexibility index (Phi) is 3.31. The SMILES string of the molecule is CC(O)c1ccc(-n2cc(-c3ccccc3)nn2)cc1. The van der Waals surface area contributed by atoms with Crippen molar-refractivity contribution in [2.24, 2.45) is 0 Å². The minimum Gasteiger partial charge on any atom is -0.389 e. The van der Waals surface area contributed by atoms with Crippen LogP contribution in [0.15, 0.2) is 60.8 Å². The molecule has 1 heterocycles. The van der Waals surface area contributed by atoms with Crippen molar-refractivity contribution in [1.82, 2.24) is 15.0 Å². The van der Waals surface area contributed by atoms with Crippen LogP contribution in [0.5, 0.6) is 0 Å². The molecule has 0 saturated heterocycles. The number of aromatic nitrogens is 3. The van der Waals surface area contributed by atoms with Crippen LogP contribution in [0.25, 0.3) is 16.9 Å². The van der Waals surface area contributed by atoms with Crippen molar-refractivity contribution in [3.8, 4) is 16.9 Å². The molecule has 0 fully saturated rings. The van der Waals surface area contributed by atoms with Crippen LogP contribution in [0.4, 0.5) is 0 Å². The second kappa shape index (κ2) is 5.27. The number of rotatable bonds is 3. The van der Waals surface area contributed by atoms with Crippen molar-refractivity contribution in [2.75, 3.05) is 0 Å². The predicted molar refractivity (Wildman–Crippen MR) is 77.4 cm³/mol. The summed E-state index contributed by atoms with van der Waals surface area (Å²) in [4.78, 5) is 0. The largest absolute Gasteiger partial charge is 0.389 e. The molecule has 0 aliphatic heterocycles. The minimum atomic E-state index is -0.459. The Bertz CT molecular complexity index is 687. The number of benzene rings is 2. The van der Waals surface area contributed by atoms with Crippen LogP contribution in [0.1, 0.15) is 18.6 Å². The summed E-state index contributed by atoms with van der Waals surface area (Å²) >= 11 is 0. The maximum Gasteiger partial charge on any atom is 0.113 e. The van der Waals surface area contributed by atoms with E-state index >= 15 is 0 Å². The summed E-state index contributed by atoms with van der Waals surface area (Å²) in [6, 6.07) is 17.6. The zero-order chi connectivity index (χ0) is 13.9. The number of hydrogen-bond acceptors (Lipinski definition) is 3. The van der Waals surface area contributed by atoms with Gasteiger partial charge in [0.05, 0.1) is 18.0 Å². The van der Waals surface area contributed by atoms with Crippen LogP contribution >= 0.6 is 0 Å². The highest BCUT2D eigenvalue weighted by Gasteiger charge is 2.06. The molecule has 20 heavy (non-hydrogen) atoms. The molecule has 3 rings (SSSR count). The van der Waals surface area contributed by atoms with Gasteiger partial charge in [0.2, 0.25) is 0 Å². The molecule has 1 atom stereocenters. The van der Waals surface area contributed by atoms with E-state index in [2.05, 4.69) is 10.3 Å². The number of hydrogen-bond donors (Lipinski definition) is 1. The van der Waals surface area contributed by atoms with Crippen molar-refractivity contribution < 1.29 is 5.11 Å². The van der Waals surface area contributed by atoms with E-state index in [1.54, 1.807) is 11.6 Å². The maximum atomic E-state index is 9.50. The van der Waals surface area contributed by atoms with E-state index in [-0.39, 0.29) is 0 Å². The smallest absolute Gasteiger partial charge is 0.113 e. The average Bonchev–Trinajstić information content (AvgIpc) is 2.98. The van der Waals surface area contributed by atoms with E-state index in [0.29, 0.717) is 0 Å². The van der Waals surface area contributed by atoms with Gasteiger partial charge in [0, 0.05) is 5.56 Å². The third-order valence-electron chi connectivity index (χ3n) is 3.20. The van der Waals surface area contributed by atoms with Gasteiger partial charge in [0.25, 0.3) is 0 Å². The van der Waals surface area contributed by atoms with Crippen molar-refractivity contribution >= 4 is 0 Å². The van der Waals surface area contributed by atoms with Crippen LogP contribution in [0, 0.1) is 0 Å². The van der Waals surface area contributed by atoms with Gasteiger partial charge in [-0.05, 0) is 24.6 Å². The minimum absolute atomic E-state index is 0.459. The highest BCUT2D eigenvalue weighted by atomic mass is 16.3. The first-order chi connectivity index (χ1) is 9.74. The van der Waals surface area contributed by atoms with E-state index < -0.39 is 6.10 Å². The molecule has 4 nitrogen and oxygen atoms in total. The summed E-state index contributed by atoms with van der Waals surface area (Å²) in [5.74, 6) is 0. The van der Waals surface area contributed by atoms with Gasteiger partial charge < -0.3 is 5.11 Å². The fourth-order valence-corrected chi connectivity index (χ4v) is 2.04. The molecule has 0 amide bonds. The zero-order valence-corrected chi connectivity index (χ0v) is 11.1. The van der Waals surface area contributed by atoms with Crippen LogP contribution in [0.2, 0.25) is 0 Å². The Labute approximate surface area is 117 Å². The normalized spacial score (nSPS) is 12.3. The van der Waals surface area contributed by atoms with Gasteiger partial charge in [0.15, 0.2) is 0 Å². The molecule has 1 N–H and O–H groups in total. The second-order valence-electron chi connectivity index (χ2n) is 4.68. The van der Waals surface area contributed by atoms with Crippen LogP contribution in [-0.2, 0) is 0 Å².